The smallest absolute Gasteiger partial charge is 0.260 e. The van der Waals surface area contributed by atoms with Crippen molar-refractivity contribution in [2.75, 3.05) is 17.4 Å². The number of aromatic hydroxyl groups is 1. The normalized spacial score (nSPS) is 27.1. The number of rotatable bonds is 6. The van der Waals surface area contributed by atoms with E-state index in [4.69, 9.17) is 4.74 Å². The number of fused-ring (bicyclic) bond motifs is 4. The van der Waals surface area contributed by atoms with Gasteiger partial charge in [0.1, 0.15) is 0 Å². The number of anilines is 2. The average Bonchev–Trinajstić information content (AvgIpc) is 3.51. The van der Waals surface area contributed by atoms with E-state index in [0.29, 0.717) is 28.9 Å². The first-order valence-corrected chi connectivity index (χ1v) is 17.7. The molecule has 2 N–H and O–H groups in total. The molecular formula is C40H34IN3O6. The summed E-state index contributed by atoms with van der Waals surface area (Å²) < 4.78 is 6.53. The van der Waals surface area contributed by atoms with Crippen molar-refractivity contribution in [2.45, 2.75) is 31.1 Å². The molecule has 1 saturated carbocycles. The molecule has 8 rings (SSSR count). The Hall–Kier alpha value is -4.97. The number of phenolic OH excluding ortho intramolecular Hbond substituents is 1. The lowest BCUT2D eigenvalue weighted by Crippen LogP contribution is -2.53. The van der Waals surface area contributed by atoms with Gasteiger partial charge in [0.25, 0.3) is 11.8 Å². The van der Waals surface area contributed by atoms with Crippen LogP contribution in [-0.4, -0.2) is 40.9 Å². The number of hydrogen-bond donors (Lipinski definition) is 2. The molecule has 6 atom stereocenters. The van der Waals surface area contributed by atoms with Crippen LogP contribution in [0.15, 0.2) is 109 Å². The number of aryl methyl sites for hydroxylation is 1. The molecule has 2 aliphatic heterocycles. The van der Waals surface area contributed by atoms with E-state index in [1.54, 1.807) is 24.3 Å². The molecule has 2 saturated heterocycles. The summed E-state index contributed by atoms with van der Waals surface area (Å²) >= 11 is 2.19. The highest BCUT2D eigenvalue weighted by Gasteiger charge is 2.70. The van der Waals surface area contributed by atoms with Gasteiger partial charge < -0.3 is 9.84 Å². The Balaban J connectivity index is 1.32. The third kappa shape index (κ3) is 4.71. The Bertz CT molecular complexity index is 2080. The highest BCUT2D eigenvalue weighted by Crippen LogP contribution is 2.64. The van der Waals surface area contributed by atoms with Crippen LogP contribution in [0.3, 0.4) is 0 Å². The van der Waals surface area contributed by atoms with Crippen molar-refractivity contribution in [3.8, 4) is 11.5 Å². The fourth-order valence-corrected chi connectivity index (χ4v) is 9.20. The first-order chi connectivity index (χ1) is 24.1. The van der Waals surface area contributed by atoms with Gasteiger partial charge in [-0.3, -0.25) is 29.5 Å². The molecule has 9 nitrogen and oxygen atoms in total. The summed E-state index contributed by atoms with van der Waals surface area (Å²) in [6.45, 7) is 1.96. The molecule has 4 aromatic carbocycles. The second-order valence-electron chi connectivity index (χ2n) is 13.5. The van der Waals surface area contributed by atoms with Gasteiger partial charge in [0, 0.05) is 9.49 Å². The number of carbonyl (C=O) groups excluding carboxylic acids is 4. The standard InChI is InChI=1S/C40H34IN3O6/c1-22-8-13-26(14-9-22)42-44-37(47)31-21-30-28(17-18-29-34(30)38(48)43(36(29)46)27-15-11-25(41)12-16-27)35(23-10-19-32(45)33(20-23)50-2)40(31,39(44)49)24-6-4-3-5-7-24/h3-17,19-20,29-31,34-35,42,45H,18,21H2,1-2H3/t29-,30+,31-,34-,35-,40+/m0/s1. The molecule has 2 heterocycles. The Morgan fingerprint density at radius 1 is 0.860 bits per heavy atom. The molecule has 50 heavy (non-hydrogen) atoms. The number of phenols is 1. The largest absolute Gasteiger partial charge is 0.504 e. The molecule has 0 aromatic heterocycles. The van der Waals surface area contributed by atoms with Gasteiger partial charge in [-0.15, -0.1) is 0 Å². The van der Waals surface area contributed by atoms with E-state index in [9.17, 15) is 19.5 Å². The van der Waals surface area contributed by atoms with Crippen LogP contribution >= 0.6 is 22.6 Å². The minimum atomic E-state index is -1.41. The van der Waals surface area contributed by atoms with E-state index in [-0.39, 0.29) is 29.7 Å². The number of halogens is 1. The van der Waals surface area contributed by atoms with Crippen LogP contribution in [0.5, 0.6) is 11.5 Å². The lowest BCUT2D eigenvalue weighted by atomic mass is 9.49. The molecule has 10 heteroatoms. The van der Waals surface area contributed by atoms with Crippen molar-refractivity contribution in [1.29, 1.82) is 0 Å². The number of carbonyl (C=O) groups is 4. The summed E-state index contributed by atoms with van der Waals surface area (Å²) in [7, 11) is 1.46. The summed E-state index contributed by atoms with van der Waals surface area (Å²) in [5.74, 6) is -4.60. The van der Waals surface area contributed by atoms with Gasteiger partial charge in [-0.25, -0.2) is 0 Å². The number of imide groups is 2. The molecule has 0 spiro atoms. The molecule has 0 bridgehead atoms. The Morgan fingerprint density at radius 2 is 1.58 bits per heavy atom. The molecule has 0 radical (unpaired) electrons. The number of allylic oxidation sites excluding steroid dienone is 2. The lowest BCUT2D eigenvalue weighted by molar-refractivity contribution is -0.138. The minimum absolute atomic E-state index is 0.0622. The van der Waals surface area contributed by atoms with Gasteiger partial charge >= 0.3 is 0 Å². The van der Waals surface area contributed by atoms with Gasteiger partial charge in [-0.2, -0.15) is 5.01 Å². The third-order valence-corrected chi connectivity index (χ3v) is 11.7. The third-order valence-electron chi connectivity index (χ3n) is 11.0. The van der Waals surface area contributed by atoms with Gasteiger partial charge in [-0.1, -0.05) is 65.7 Å². The Labute approximate surface area is 303 Å². The summed E-state index contributed by atoms with van der Waals surface area (Å²) in [6.07, 6.45) is 2.54. The number of hydrazine groups is 1. The molecule has 252 valence electrons. The van der Waals surface area contributed by atoms with Crippen LogP contribution in [0.25, 0.3) is 0 Å². The van der Waals surface area contributed by atoms with Crippen molar-refractivity contribution in [1.82, 2.24) is 5.01 Å². The predicted octanol–water partition coefficient (Wildman–Crippen LogP) is 6.50. The molecule has 0 unspecified atom stereocenters. The zero-order valence-corrected chi connectivity index (χ0v) is 29.5. The number of methoxy groups -OCH3 is 1. The fraction of sp³-hybridized carbons (Fsp3) is 0.250. The van der Waals surface area contributed by atoms with Crippen LogP contribution in [0.2, 0.25) is 0 Å². The van der Waals surface area contributed by atoms with Gasteiger partial charge in [0.15, 0.2) is 11.5 Å². The maximum atomic E-state index is 15.2. The maximum Gasteiger partial charge on any atom is 0.260 e. The van der Waals surface area contributed by atoms with Crippen LogP contribution in [0, 0.1) is 34.2 Å². The molecule has 2 aliphatic carbocycles. The summed E-state index contributed by atoms with van der Waals surface area (Å²) in [5, 5.41) is 11.8. The number of amides is 4. The number of nitrogens with zero attached hydrogens (tertiary/aromatic N) is 2. The van der Waals surface area contributed by atoms with Crippen molar-refractivity contribution in [3.05, 3.63) is 129 Å². The number of nitrogens with one attached hydrogen (secondary N) is 1. The Kier molecular flexibility index (Phi) is 7.81. The van der Waals surface area contributed by atoms with Crippen molar-refractivity contribution in [3.63, 3.8) is 0 Å². The quantitative estimate of drug-likeness (QED) is 0.130. The summed E-state index contributed by atoms with van der Waals surface area (Å²) in [4.78, 5) is 59.7. The highest BCUT2D eigenvalue weighted by molar-refractivity contribution is 14.1. The molecular weight excluding hydrogens is 745 g/mol. The van der Waals surface area contributed by atoms with Crippen molar-refractivity contribution >= 4 is 57.6 Å². The Morgan fingerprint density at radius 3 is 2.28 bits per heavy atom. The maximum absolute atomic E-state index is 15.2. The van der Waals surface area contributed by atoms with Gasteiger partial charge in [0.05, 0.1) is 41.7 Å². The second kappa shape index (κ2) is 12.1. The van der Waals surface area contributed by atoms with E-state index >= 15 is 4.79 Å². The highest BCUT2D eigenvalue weighted by atomic mass is 127. The van der Waals surface area contributed by atoms with E-state index in [1.165, 1.54) is 18.1 Å². The lowest BCUT2D eigenvalue weighted by Gasteiger charge is -2.50. The average molecular weight is 780 g/mol. The van der Waals surface area contributed by atoms with Gasteiger partial charge in [-0.05, 0) is 108 Å². The predicted molar refractivity (Wildman–Crippen MR) is 195 cm³/mol. The monoisotopic (exact) mass is 779 g/mol. The minimum Gasteiger partial charge on any atom is -0.504 e. The topological polar surface area (TPSA) is 116 Å². The van der Waals surface area contributed by atoms with Crippen molar-refractivity contribution < 1.29 is 29.0 Å². The number of benzene rings is 4. The van der Waals surface area contributed by atoms with E-state index in [2.05, 4.69) is 28.0 Å². The number of ether oxygens (including phenoxy) is 1. The van der Waals surface area contributed by atoms with Crippen LogP contribution in [-0.2, 0) is 24.6 Å². The van der Waals surface area contributed by atoms with Crippen LogP contribution < -0.4 is 15.1 Å². The van der Waals surface area contributed by atoms with Crippen molar-refractivity contribution in [2.24, 2.45) is 23.7 Å². The summed E-state index contributed by atoms with van der Waals surface area (Å²) in [5.41, 5.74) is 6.02. The first-order valence-electron chi connectivity index (χ1n) is 16.6. The second-order valence-corrected chi connectivity index (χ2v) is 14.8. The number of hydrogen-bond acceptors (Lipinski definition) is 7. The van der Waals surface area contributed by atoms with Crippen LogP contribution in [0.4, 0.5) is 11.4 Å². The fourth-order valence-electron chi connectivity index (χ4n) is 8.84. The molecule has 4 aliphatic rings. The molecule has 4 amide bonds. The SMILES string of the molecule is COc1cc([C@H]2C3=CC[C@@H]4C(=O)N(c5ccc(I)cc5)C(=O)[C@@H]4[C@@H]3C[C@H]3C(=O)N(Nc4ccc(C)cc4)C(=O)[C@@]23c2ccccc2)ccc1O. The van der Waals surface area contributed by atoms with E-state index < -0.39 is 46.8 Å². The van der Waals surface area contributed by atoms with Crippen LogP contribution in [0.1, 0.15) is 35.4 Å². The van der Waals surface area contributed by atoms with E-state index in [1.807, 2.05) is 79.7 Å². The zero-order chi connectivity index (χ0) is 34.9. The zero-order valence-electron chi connectivity index (χ0n) is 27.4. The van der Waals surface area contributed by atoms with E-state index in [0.717, 1.165) is 19.7 Å². The first kappa shape index (κ1) is 32.2. The summed E-state index contributed by atoms with van der Waals surface area (Å²) in [6, 6.07) is 29.1. The van der Waals surface area contributed by atoms with Gasteiger partial charge in [0.2, 0.25) is 11.8 Å². The molecule has 4 aromatic rings. The molecule has 3 fully saturated rings.